The number of carbonyl (C=O) groups excluding carboxylic acids is 1. The Morgan fingerprint density at radius 1 is 1.05 bits per heavy atom. The van der Waals surface area contributed by atoms with Crippen molar-refractivity contribution >= 4 is 11.7 Å². The number of nitro benzene ring substituents is 1. The Bertz CT molecular complexity index is 722. The summed E-state index contributed by atoms with van der Waals surface area (Å²) in [6, 6.07) is 9.61. The minimum Gasteiger partial charge on any atom is -0.423 e. The number of nitro groups is 1. The average Bonchev–Trinajstić information content (AvgIpc) is 2.42. The Kier molecular flexibility index (Phi) is 4.03. The van der Waals surface area contributed by atoms with Gasteiger partial charge in [-0.2, -0.15) is 0 Å². The molecule has 2 aromatic rings. The number of nitrogens with zero attached hydrogens (tertiary/aromatic N) is 1. The largest absolute Gasteiger partial charge is 0.423 e. The zero-order valence-electron chi connectivity index (χ0n) is 12.0. The summed E-state index contributed by atoms with van der Waals surface area (Å²) in [5.74, 6) is -0.139. The van der Waals surface area contributed by atoms with E-state index in [-0.39, 0.29) is 11.3 Å². The summed E-state index contributed by atoms with van der Waals surface area (Å²) < 4.78 is 5.34. The van der Waals surface area contributed by atoms with Gasteiger partial charge in [0.1, 0.15) is 5.75 Å². The Labute approximate surface area is 122 Å². The number of carbonyl (C=O) groups is 1. The molecule has 0 aliphatic heterocycles. The summed E-state index contributed by atoms with van der Waals surface area (Å²) in [7, 11) is 0. The van der Waals surface area contributed by atoms with E-state index in [4.69, 9.17) is 4.74 Å². The van der Waals surface area contributed by atoms with Crippen LogP contribution in [0.15, 0.2) is 36.4 Å². The lowest BCUT2D eigenvalue weighted by atomic mass is 10.1. The molecule has 0 N–H and O–H groups in total. The second kappa shape index (κ2) is 5.75. The van der Waals surface area contributed by atoms with E-state index < -0.39 is 10.9 Å². The Balaban J connectivity index is 2.32. The second-order valence-corrected chi connectivity index (χ2v) is 4.91. The third-order valence-electron chi connectivity index (χ3n) is 3.18. The van der Waals surface area contributed by atoms with E-state index in [9.17, 15) is 14.9 Å². The first-order valence-corrected chi connectivity index (χ1v) is 6.43. The monoisotopic (exact) mass is 285 g/mol. The van der Waals surface area contributed by atoms with Crippen LogP contribution in [0, 0.1) is 30.9 Å². The van der Waals surface area contributed by atoms with E-state index in [1.807, 2.05) is 26.0 Å². The zero-order valence-corrected chi connectivity index (χ0v) is 12.0. The van der Waals surface area contributed by atoms with Crippen LogP contribution in [0.3, 0.4) is 0 Å². The third kappa shape index (κ3) is 3.25. The van der Waals surface area contributed by atoms with Gasteiger partial charge in [0.2, 0.25) is 0 Å². The summed E-state index contributed by atoms with van der Waals surface area (Å²) in [4.78, 5) is 22.5. The molecule has 0 aliphatic carbocycles. The Morgan fingerprint density at radius 2 is 1.76 bits per heavy atom. The second-order valence-electron chi connectivity index (χ2n) is 4.91. The van der Waals surface area contributed by atoms with Crippen molar-refractivity contribution in [3.63, 3.8) is 0 Å². The van der Waals surface area contributed by atoms with Crippen molar-refractivity contribution in [2.45, 2.75) is 20.8 Å². The molecule has 0 fully saturated rings. The van der Waals surface area contributed by atoms with Crippen LogP contribution in [0.2, 0.25) is 0 Å². The van der Waals surface area contributed by atoms with Crippen LogP contribution in [-0.2, 0) is 0 Å². The number of hydrogen-bond donors (Lipinski definition) is 0. The quantitative estimate of drug-likeness (QED) is 0.373. The fraction of sp³-hybridized carbons (Fsp3) is 0.188. The summed E-state index contributed by atoms with van der Waals surface area (Å²) in [5, 5.41) is 10.8. The van der Waals surface area contributed by atoms with E-state index in [1.165, 1.54) is 18.2 Å². The van der Waals surface area contributed by atoms with Crippen LogP contribution < -0.4 is 4.74 Å². The molecule has 2 rings (SSSR count). The summed E-state index contributed by atoms with van der Waals surface area (Å²) in [5.41, 5.74) is 2.61. The standard InChI is InChI=1S/C16H15NO4/c1-10-4-7-15(12(3)8-10)21-16(18)14-9-13(17(19)20)6-5-11(14)2/h4-9H,1-3H3. The summed E-state index contributed by atoms with van der Waals surface area (Å²) >= 11 is 0. The molecule has 0 amide bonds. The molecule has 108 valence electrons. The number of hydrogen-bond acceptors (Lipinski definition) is 4. The van der Waals surface area contributed by atoms with Gasteiger partial charge in [0, 0.05) is 12.1 Å². The van der Waals surface area contributed by atoms with Crippen molar-refractivity contribution < 1.29 is 14.5 Å². The van der Waals surface area contributed by atoms with Crippen molar-refractivity contribution in [1.29, 1.82) is 0 Å². The van der Waals surface area contributed by atoms with E-state index in [0.717, 1.165) is 11.1 Å². The average molecular weight is 285 g/mol. The normalized spacial score (nSPS) is 10.2. The lowest BCUT2D eigenvalue weighted by Gasteiger charge is -2.09. The molecule has 0 spiro atoms. The molecule has 0 radical (unpaired) electrons. The molecule has 21 heavy (non-hydrogen) atoms. The SMILES string of the molecule is Cc1ccc(OC(=O)c2cc([N+](=O)[O-])ccc2C)c(C)c1. The van der Waals surface area contributed by atoms with Crippen LogP contribution in [0.25, 0.3) is 0 Å². The molecule has 2 aromatic carbocycles. The predicted octanol–water partition coefficient (Wildman–Crippen LogP) is 3.74. The fourth-order valence-electron chi connectivity index (χ4n) is 2.01. The highest BCUT2D eigenvalue weighted by Gasteiger charge is 2.17. The molecular weight excluding hydrogens is 270 g/mol. The minimum absolute atomic E-state index is 0.131. The van der Waals surface area contributed by atoms with E-state index in [0.29, 0.717) is 11.3 Å². The number of esters is 1. The molecule has 5 heteroatoms. The molecule has 0 heterocycles. The molecule has 0 saturated heterocycles. The highest BCUT2D eigenvalue weighted by atomic mass is 16.6. The van der Waals surface area contributed by atoms with Gasteiger partial charge in [-0.25, -0.2) is 4.79 Å². The smallest absolute Gasteiger partial charge is 0.344 e. The predicted molar refractivity (Wildman–Crippen MR) is 78.7 cm³/mol. The summed E-state index contributed by atoms with van der Waals surface area (Å²) in [6.07, 6.45) is 0. The van der Waals surface area contributed by atoms with Gasteiger partial charge in [-0.3, -0.25) is 10.1 Å². The fourth-order valence-corrected chi connectivity index (χ4v) is 2.01. The molecule has 5 nitrogen and oxygen atoms in total. The van der Waals surface area contributed by atoms with E-state index in [2.05, 4.69) is 0 Å². The van der Waals surface area contributed by atoms with Crippen molar-refractivity contribution in [3.8, 4) is 5.75 Å². The van der Waals surface area contributed by atoms with Crippen molar-refractivity contribution in [2.75, 3.05) is 0 Å². The van der Waals surface area contributed by atoms with Gasteiger partial charge in [-0.05, 0) is 38.0 Å². The van der Waals surface area contributed by atoms with Crippen molar-refractivity contribution in [1.82, 2.24) is 0 Å². The molecule has 0 atom stereocenters. The third-order valence-corrected chi connectivity index (χ3v) is 3.18. The molecule has 0 unspecified atom stereocenters. The maximum Gasteiger partial charge on any atom is 0.344 e. The van der Waals surface area contributed by atoms with Crippen LogP contribution in [-0.4, -0.2) is 10.9 Å². The molecule has 0 saturated carbocycles. The first-order chi connectivity index (χ1) is 9.88. The number of aryl methyl sites for hydroxylation is 3. The number of rotatable bonds is 3. The zero-order chi connectivity index (χ0) is 15.6. The first-order valence-electron chi connectivity index (χ1n) is 6.43. The van der Waals surface area contributed by atoms with Gasteiger partial charge in [-0.15, -0.1) is 0 Å². The molecular formula is C16H15NO4. The number of ether oxygens (including phenoxy) is 1. The number of non-ortho nitro benzene ring substituents is 1. The summed E-state index contributed by atoms with van der Waals surface area (Å²) in [6.45, 7) is 5.50. The van der Waals surface area contributed by atoms with Gasteiger partial charge in [0.25, 0.3) is 5.69 Å². The maximum atomic E-state index is 12.2. The minimum atomic E-state index is -0.594. The molecule has 0 aliphatic rings. The maximum absolute atomic E-state index is 12.2. The highest BCUT2D eigenvalue weighted by Crippen LogP contribution is 2.22. The van der Waals surface area contributed by atoms with Gasteiger partial charge in [0.15, 0.2) is 0 Å². The Hall–Kier alpha value is -2.69. The highest BCUT2D eigenvalue weighted by molar-refractivity contribution is 5.93. The van der Waals surface area contributed by atoms with Gasteiger partial charge < -0.3 is 4.74 Å². The topological polar surface area (TPSA) is 69.4 Å². The number of benzene rings is 2. The van der Waals surface area contributed by atoms with Crippen LogP contribution in [0.1, 0.15) is 27.0 Å². The molecule has 0 bridgehead atoms. The van der Waals surface area contributed by atoms with Gasteiger partial charge in [0.05, 0.1) is 10.5 Å². The Morgan fingerprint density at radius 3 is 2.38 bits per heavy atom. The van der Waals surface area contributed by atoms with Crippen molar-refractivity contribution in [2.24, 2.45) is 0 Å². The lowest BCUT2D eigenvalue weighted by molar-refractivity contribution is -0.384. The van der Waals surface area contributed by atoms with E-state index in [1.54, 1.807) is 13.0 Å². The van der Waals surface area contributed by atoms with Crippen molar-refractivity contribution in [3.05, 3.63) is 68.8 Å². The lowest BCUT2D eigenvalue weighted by Crippen LogP contribution is -2.11. The first kappa shape index (κ1) is 14.7. The van der Waals surface area contributed by atoms with E-state index >= 15 is 0 Å². The molecule has 0 aromatic heterocycles. The van der Waals surface area contributed by atoms with Gasteiger partial charge >= 0.3 is 5.97 Å². The van der Waals surface area contributed by atoms with Crippen LogP contribution in [0.5, 0.6) is 5.75 Å². The van der Waals surface area contributed by atoms with Crippen LogP contribution in [0.4, 0.5) is 5.69 Å². The van der Waals surface area contributed by atoms with Gasteiger partial charge in [-0.1, -0.05) is 23.8 Å². The van der Waals surface area contributed by atoms with Crippen LogP contribution >= 0.6 is 0 Å².